The second-order valence-corrected chi connectivity index (χ2v) is 6.58. The van der Waals surface area contributed by atoms with E-state index in [0.29, 0.717) is 11.5 Å². The Balaban J connectivity index is 1.76. The number of benzene rings is 1. The zero-order chi connectivity index (χ0) is 22.0. The number of anilines is 1. The van der Waals surface area contributed by atoms with Gasteiger partial charge < -0.3 is 14.8 Å². The molecule has 0 spiro atoms. The van der Waals surface area contributed by atoms with E-state index >= 15 is 0 Å². The summed E-state index contributed by atoms with van der Waals surface area (Å²) in [4.78, 5) is 8.20. The van der Waals surface area contributed by atoms with Crippen molar-refractivity contribution in [3.8, 4) is 22.8 Å². The molecule has 0 fully saturated rings. The fourth-order valence-corrected chi connectivity index (χ4v) is 3.07. The molecule has 1 aromatic carbocycles. The molecule has 8 nitrogen and oxygen atoms in total. The van der Waals surface area contributed by atoms with Crippen LogP contribution in [0.1, 0.15) is 18.5 Å². The molecule has 160 valence electrons. The molecule has 0 saturated carbocycles. The van der Waals surface area contributed by atoms with Gasteiger partial charge in [0.2, 0.25) is 5.95 Å². The van der Waals surface area contributed by atoms with Gasteiger partial charge in [-0.05, 0) is 30.7 Å². The molecule has 0 saturated heterocycles. The summed E-state index contributed by atoms with van der Waals surface area (Å²) in [6.07, 6.45) is 1.51. The lowest BCUT2D eigenvalue weighted by Gasteiger charge is -2.17. The van der Waals surface area contributed by atoms with Gasteiger partial charge in [-0.1, -0.05) is 6.07 Å². The molecule has 31 heavy (non-hydrogen) atoms. The van der Waals surface area contributed by atoms with Crippen molar-refractivity contribution in [3.05, 3.63) is 60.8 Å². The van der Waals surface area contributed by atoms with Crippen LogP contribution < -0.4 is 14.8 Å². The van der Waals surface area contributed by atoms with Gasteiger partial charge in [-0.25, -0.2) is 4.98 Å². The lowest BCUT2D eigenvalue weighted by molar-refractivity contribution is -0.274. The Bertz CT molecular complexity index is 1200. The van der Waals surface area contributed by atoms with E-state index in [0.717, 1.165) is 11.6 Å². The Morgan fingerprint density at radius 2 is 1.94 bits per heavy atom. The number of rotatable bonds is 6. The Morgan fingerprint density at radius 3 is 2.65 bits per heavy atom. The second kappa shape index (κ2) is 8.09. The van der Waals surface area contributed by atoms with Crippen LogP contribution in [0.25, 0.3) is 16.8 Å². The van der Waals surface area contributed by atoms with Crippen LogP contribution in [0.5, 0.6) is 11.5 Å². The monoisotopic (exact) mass is 430 g/mol. The standard InChI is InChI=1S/C20H17F3N6O2/c1-12(13-4-3-7-24-9-13)26-19-28-27-18(16-10-25-11-29(16)19)15-6-5-14(30-2)8-17(15)31-20(21,22)23/h3-12H,1-2H3,(H,26,28)/t12-/m1/s1. The molecule has 0 aliphatic carbocycles. The summed E-state index contributed by atoms with van der Waals surface area (Å²) in [5.41, 5.74) is 1.66. The summed E-state index contributed by atoms with van der Waals surface area (Å²) in [6.45, 7) is 1.92. The number of alkyl halides is 3. The minimum Gasteiger partial charge on any atom is -0.497 e. The minimum absolute atomic E-state index is 0.1000. The van der Waals surface area contributed by atoms with E-state index in [-0.39, 0.29) is 23.0 Å². The molecular formula is C20H17F3N6O2. The molecule has 0 bridgehead atoms. The van der Waals surface area contributed by atoms with E-state index in [9.17, 15) is 13.2 Å². The third-order valence-corrected chi connectivity index (χ3v) is 4.55. The summed E-state index contributed by atoms with van der Waals surface area (Å²) >= 11 is 0. The van der Waals surface area contributed by atoms with E-state index in [1.165, 1.54) is 31.8 Å². The number of methoxy groups -OCH3 is 1. The van der Waals surface area contributed by atoms with Crippen LogP contribution in [0.2, 0.25) is 0 Å². The first-order chi connectivity index (χ1) is 14.9. The van der Waals surface area contributed by atoms with Crippen molar-refractivity contribution in [1.82, 2.24) is 24.6 Å². The van der Waals surface area contributed by atoms with Crippen LogP contribution in [0.15, 0.2) is 55.2 Å². The van der Waals surface area contributed by atoms with Crippen LogP contribution in [-0.2, 0) is 0 Å². The Morgan fingerprint density at radius 1 is 1.10 bits per heavy atom. The maximum absolute atomic E-state index is 13.0. The van der Waals surface area contributed by atoms with Crippen molar-refractivity contribution < 1.29 is 22.6 Å². The molecule has 4 aromatic rings. The first-order valence-electron chi connectivity index (χ1n) is 9.15. The minimum atomic E-state index is -4.88. The highest BCUT2D eigenvalue weighted by molar-refractivity contribution is 5.81. The number of nitrogens with zero attached hydrogens (tertiary/aromatic N) is 5. The molecule has 0 amide bonds. The molecular weight excluding hydrogens is 413 g/mol. The number of halogens is 3. The molecule has 1 atom stereocenters. The van der Waals surface area contributed by atoms with E-state index in [1.807, 2.05) is 19.1 Å². The first-order valence-corrected chi connectivity index (χ1v) is 9.15. The van der Waals surface area contributed by atoms with Gasteiger partial charge in [0, 0.05) is 24.0 Å². The second-order valence-electron chi connectivity index (χ2n) is 6.58. The van der Waals surface area contributed by atoms with Gasteiger partial charge in [-0.3, -0.25) is 9.38 Å². The SMILES string of the molecule is COc1ccc(-c2nnc(N[C@H](C)c3cccnc3)n3cncc23)c(OC(F)(F)F)c1. The van der Waals surface area contributed by atoms with E-state index in [1.54, 1.807) is 16.8 Å². The van der Waals surface area contributed by atoms with Crippen LogP contribution >= 0.6 is 0 Å². The average Bonchev–Trinajstić information content (AvgIpc) is 3.24. The quantitative estimate of drug-likeness (QED) is 0.489. The van der Waals surface area contributed by atoms with Crippen LogP contribution in [0.4, 0.5) is 19.1 Å². The number of pyridine rings is 1. The summed E-state index contributed by atoms with van der Waals surface area (Å²) in [5.74, 6) is 0.136. The molecule has 0 radical (unpaired) electrons. The summed E-state index contributed by atoms with van der Waals surface area (Å²) in [5, 5.41) is 11.6. The highest BCUT2D eigenvalue weighted by Gasteiger charge is 2.33. The predicted octanol–water partition coefficient (Wildman–Crippen LogP) is 4.27. The first kappa shape index (κ1) is 20.4. The maximum Gasteiger partial charge on any atom is 0.573 e. The van der Waals surface area contributed by atoms with E-state index < -0.39 is 12.1 Å². The fourth-order valence-electron chi connectivity index (χ4n) is 3.07. The molecule has 1 N–H and O–H groups in total. The van der Waals surface area contributed by atoms with Crippen molar-refractivity contribution >= 4 is 11.5 Å². The van der Waals surface area contributed by atoms with Gasteiger partial charge in [0.15, 0.2) is 0 Å². The predicted molar refractivity (Wildman–Crippen MR) is 106 cm³/mol. The lowest BCUT2D eigenvalue weighted by atomic mass is 10.1. The molecule has 0 unspecified atom stereocenters. The highest BCUT2D eigenvalue weighted by atomic mass is 19.4. The number of hydrogen-bond acceptors (Lipinski definition) is 7. The Labute approximate surface area is 174 Å². The maximum atomic E-state index is 13.0. The van der Waals surface area contributed by atoms with Crippen molar-refractivity contribution in [2.75, 3.05) is 12.4 Å². The number of imidazole rings is 1. The number of aromatic nitrogens is 5. The zero-order valence-electron chi connectivity index (χ0n) is 16.5. The van der Waals surface area contributed by atoms with E-state index in [2.05, 4.69) is 30.2 Å². The molecule has 4 rings (SSSR count). The number of fused-ring (bicyclic) bond motifs is 1. The normalized spacial score (nSPS) is 12.5. The van der Waals surface area contributed by atoms with Gasteiger partial charge >= 0.3 is 6.36 Å². The van der Waals surface area contributed by atoms with Crippen molar-refractivity contribution in [2.45, 2.75) is 19.3 Å². The number of hydrogen-bond donors (Lipinski definition) is 1. The Hall–Kier alpha value is -3.89. The largest absolute Gasteiger partial charge is 0.573 e. The molecule has 3 heterocycles. The van der Waals surface area contributed by atoms with Crippen LogP contribution in [-0.4, -0.2) is 38.0 Å². The lowest BCUT2D eigenvalue weighted by Crippen LogP contribution is -2.18. The van der Waals surface area contributed by atoms with Gasteiger partial charge in [0.05, 0.1) is 24.9 Å². The summed E-state index contributed by atoms with van der Waals surface area (Å²) in [7, 11) is 1.35. The van der Waals surface area contributed by atoms with E-state index in [4.69, 9.17) is 4.74 Å². The number of ether oxygens (including phenoxy) is 2. The van der Waals surface area contributed by atoms with Crippen LogP contribution in [0.3, 0.4) is 0 Å². The van der Waals surface area contributed by atoms with Gasteiger partial charge in [0.1, 0.15) is 23.5 Å². The third kappa shape index (κ3) is 4.34. The average molecular weight is 430 g/mol. The van der Waals surface area contributed by atoms with Gasteiger partial charge in [-0.2, -0.15) is 0 Å². The fraction of sp³-hybridized carbons (Fsp3) is 0.200. The molecule has 0 aliphatic heterocycles. The third-order valence-electron chi connectivity index (χ3n) is 4.55. The van der Waals surface area contributed by atoms with Gasteiger partial charge in [0.25, 0.3) is 0 Å². The molecule has 11 heteroatoms. The topological polar surface area (TPSA) is 86.5 Å². The molecule has 0 aliphatic rings. The van der Waals surface area contributed by atoms with Crippen molar-refractivity contribution in [3.63, 3.8) is 0 Å². The smallest absolute Gasteiger partial charge is 0.497 e. The molecule has 3 aromatic heterocycles. The highest BCUT2D eigenvalue weighted by Crippen LogP contribution is 2.37. The van der Waals surface area contributed by atoms with Gasteiger partial charge in [-0.15, -0.1) is 23.4 Å². The van der Waals surface area contributed by atoms with Crippen molar-refractivity contribution in [1.29, 1.82) is 0 Å². The number of nitrogens with one attached hydrogen (secondary N) is 1. The summed E-state index contributed by atoms with van der Waals surface area (Å²) < 4.78 is 49.7. The zero-order valence-corrected chi connectivity index (χ0v) is 16.5. The Kier molecular flexibility index (Phi) is 5.32. The van der Waals surface area contributed by atoms with Crippen LogP contribution in [0, 0.1) is 0 Å². The van der Waals surface area contributed by atoms with Crippen molar-refractivity contribution in [2.24, 2.45) is 0 Å². The summed E-state index contributed by atoms with van der Waals surface area (Å²) in [6, 6.07) is 7.68.